The van der Waals surface area contributed by atoms with Gasteiger partial charge in [-0.25, -0.2) is 4.98 Å². The number of carbonyl (C=O) groups is 2. The van der Waals surface area contributed by atoms with Crippen LogP contribution in [0.1, 0.15) is 70.2 Å². The predicted octanol–water partition coefficient (Wildman–Crippen LogP) is 5.82. The van der Waals surface area contributed by atoms with Gasteiger partial charge in [-0.05, 0) is 68.9 Å². The summed E-state index contributed by atoms with van der Waals surface area (Å²) >= 11 is 1.63. The van der Waals surface area contributed by atoms with Crippen molar-refractivity contribution in [2.45, 2.75) is 64.0 Å². The van der Waals surface area contributed by atoms with Crippen molar-refractivity contribution in [2.75, 3.05) is 20.3 Å². The van der Waals surface area contributed by atoms with Crippen molar-refractivity contribution in [3.05, 3.63) is 81.4 Å². The molecule has 0 unspecified atom stereocenters. The molecule has 9 heteroatoms. The third kappa shape index (κ3) is 6.11. The number of methoxy groups -OCH3 is 1. The summed E-state index contributed by atoms with van der Waals surface area (Å²) in [6, 6.07) is 14.9. The number of nitrogens with zero attached hydrogens (tertiary/aromatic N) is 3. The number of amides is 2. The molecule has 0 radical (unpaired) electrons. The molecule has 8 nitrogen and oxygen atoms in total. The number of hydrogen-bond donors (Lipinski definition) is 1. The zero-order valence-corrected chi connectivity index (χ0v) is 24.9. The lowest BCUT2D eigenvalue weighted by atomic mass is 10.0. The fourth-order valence-corrected chi connectivity index (χ4v) is 6.37. The number of thiazole rings is 1. The highest BCUT2D eigenvalue weighted by Gasteiger charge is 2.34. The zero-order valence-electron chi connectivity index (χ0n) is 24.1. The first-order valence-corrected chi connectivity index (χ1v) is 15.6. The molecule has 2 aromatic carbocycles. The summed E-state index contributed by atoms with van der Waals surface area (Å²) in [5.41, 5.74) is 6.12. The monoisotopic (exact) mass is 584 g/mol. The van der Waals surface area contributed by atoms with Crippen molar-refractivity contribution < 1.29 is 19.1 Å². The van der Waals surface area contributed by atoms with Crippen molar-refractivity contribution in [3.8, 4) is 11.5 Å². The number of ether oxygens (including phenoxy) is 2. The summed E-state index contributed by atoms with van der Waals surface area (Å²) in [6.45, 7) is 3.40. The number of hydrogen-bond acceptors (Lipinski definition) is 7. The number of nitrogens with one attached hydrogen (secondary N) is 1. The van der Waals surface area contributed by atoms with Crippen LogP contribution >= 0.6 is 11.3 Å². The standard InChI is InChI=1S/C33H36N4O4S/c1-21-31(42-20-35-21)14-16-41-29-13-10-22(17-30(29)40-2)19-37(28-9-5-6-15-34-32(28)38)33(39)25-18-27(23-11-12-23)36-26-8-4-3-7-24(25)26/h3-4,7-8,10,13,17-18,20,23,28H,5-6,9,11-12,14-16,19H2,1-2H3,(H,34,38)/t28-/m0/s1. The molecule has 42 heavy (non-hydrogen) atoms. The summed E-state index contributed by atoms with van der Waals surface area (Å²) in [5.74, 6) is 1.37. The smallest absolute Gasteiger partial charge is 0.255 e. The molecule has 2 aromatic heterocycles. The Morgan fingerprint density at radius 2 is 1.95 bits per heavy atom. The molecule has 0 bridgehead atoms. The summed E-state index contributed by atoms with van der Waals surface area (Å²) < 4.78 is 11.8. The number of fused-ring (bicyclic) bond motifs is 1. The van der Waals surface area contributed by atoms with Crippen LogP contribution in [0.2, 0.25) is 0 Å². The molecule has 4 aromatic rings. The Morgan fingerprint density at radius 1 is 1.10 bits per heavy atom. The Morgan fingerprint density at radius 3 is 2.74 bits per heavy atom. The van der Waals surface area contributed by atoms with Gasteiger partial charge < -0.3 is 19.7 Å². The first-order valence-electron chi connectivity index (χ1n) is 14.7. The second kappa shape index (κ2) is 12.5. The fraction of sp³-hybridized carbons (Fsp3) is 0.394. The largest absolute Gasteiger partial charge is 0.493 e. The summed E-state index contributed by atoms with van der Waals surface area (Å²) in [7, 11) is 1.61. The van der Waals surface area contributed by atoms with E-state index in [1.54, 1.807) is 23.3 Å². The van der Waals surface area contributed by atoms with Gasteiger partial charge in [-0.15, -0.1) is 11.3 Å². The number of benzene rings is 2. The quantitative estimate of drug-likeness (QED) is 0.253. The van der Waals surface area contributed by atoms with Crippen LogP contribution in [0, 0.1) is 6.92 Å². The molecule has 6 rings (SSSR count). The van der Waals surface area contributed by atoms with Crippen LogP contribution in [0.15, 0.2) is 54.0 Å². The van der Waals surface area contributed by atoms with Gasteiger partial charge in [-0.1, -0.05) is 24.3 Å². The number of carbonyl (C=O) groups excluding carboxylic acids is 2. The highest BCUT2D eigenvalue weighted by Crippen LogP contribution is 2.40. The number of rotatable bonds is 10. The van der Waals surface area contributed by atoms with E-state index < -0.39 is 6.04 Å². The van der Waals surface area contributed by atoms with Gasteiger partial charge >= 0.3 is 0 Å². The lowest BCUT2D eigenvalue weighted by Gasteiger charge is -2.31. The molecule has 3 heterocycles. The van der Waals surface area contributed by atoms with Crippen LogP contribution in [0.3, 0.4) is 0 Å². The lowest BCUT2D eigenvalue weighted by molar-refractivity contribution is -0.125. The molecule has 0 spiro atoms. The van der Waals surface area contributed by atoms with Gasteiger partial charge in [0.05, 0.1) is 36.0 Å². The Labute approximate surface area is 250 Å². The van der Waals surface area contributed by atoms with Crippen LogP contribution in [0.5, 0.6) is 11.5 Å². The molecule has 2 amide bonds. The molecule has 1 saturated heterocycles. The van der Waals surface area contributed by atoms with Crippen molar-refractivity contribution in [3.63, 3.8) is 0 Å². The Bertz CT molecular complexity index is 1600. The highest BCUT2D eigenvalue weighted by molar-refractivity contribution is 7.09. The number of aromatic nitrogens is 2. The van der Waals surface area contributed by atoms with E-state index in [1.165, 1.54) is 4.88 Å². The number of para-hydroxylation sites is 1. The third-order valence-electron chi connectivity index (χ3n) is 8.12. The molecular formula is C33H36N4O4S. The van der Waals surface area contributed by atoms with E-state index in [-0.39, 0.29) is 18.4 Å². The van der Waals surface area contributed by atoms with Gasteiger partial charge in [0, 0.05) is 41.4 Å². The third-order valence-corrected chi connectivity index (χ3v) is 9.11. The lowest BCUT2D eigenvalue weighted by Crippen LogP contribution is -2.48. The first-order chi connectivity index (χ1) is 20.5. The van der Waals surface area contributed by atoms with Crippen molar-refractivity contribution >= 4 is 34.1 Å². The SMILES string of the molecule is COc1cc(CN(C(=O)c2cc(C3CC3)nc3ccccc23)[C@H]2CCCCNC2=O)ccc1OCCc1scnc1C. The van der Waals surface area contributed by atoms with E-state index in [9.17, 15) is 9.59 Å². The average Bonchev–Trinajstić information content (AvgIpc) is 3.81. The molecule has 1 aliphatic carbocycles. The summed E-state index contributed by atoms with van der Waals surface area (Å²) in [4.78, 5) is 39.9. The molecule has 2 aliphatic rings. The number of pyridine rings is 1. The van der Waals surface area contributed by atoms with Crippen LogP contribution in [-0.2, 0) is 17.8 Å². The predicted molar refractivity (Wildman–Crippen MR) is 163 cm³/mol. The van der Waals surface area contributed by atoms with Crippen LogP contribution in [-0.4, -0.2) is 53.0 Å². The average molecular weight is 585 g/mol. The van der Waals surface area contributed by atoms with Crippen LogP contribution < -0.4 is 14.8 Å². The van der Waals surface area contributed by atoms with E-state index >= 15 is 0 Å². The van der Waals surface area contributed by atoms with Crippen molar-refractivity contribution in [2.24, 2.45) is 0 Å². The maximum absolute atomic E-state index is 14.5. The van der Waals surface area contributed by atoms with E-state index in [2.05, 4.69) is 10.3 Å². The minimum atomic E-state index is -0.569. The second-order valence-electron chi connectivity index (χ2n) is 11.1. The highest BCUT2D eigenvalue weighted by atomic mass is 32.1. The van der Waals surface area contributed by atoms with E-state index in [0.29, 0.717) is 42.6 Å². The second-order valence-corrected chi connectivity index (χ2v) is 12.0. The Balaban J connectivity index is 1.30. The minimum absolute atomic E-state index is 0.105. The maximum atomic E-state index is 14.5. The molecule has 1 saturated carbocycles. The van der Waals surface area contributed by atoms with E-state index in [1.807, 2.05) is 61.0 Å². The number of aryl methyl sites for hydroxylation is 1. The van der Waals surface area contributed by atoms with Gasteiger partial charge in [0.1, 0.15) is 6.04 Å². The topological polar surface area (TPSA) is 93.7 Å². The molecule has 1 aliphatic heterocycles. The van der Waals surface area contributed by atoms with Crippen LogP contribution in [0.4, 0.5) is 0 Å². The van der Waals surface area contributed by atoms with Gasteiger partial charge in [0.2, 0.25) is 5.91 Å². The van der Waals surface area contributed by atoms with Gasteiger partial charge in [-0.3, -0.25) is 14.6 Å². The molecule has 218 valence electrons. The Hall–Kier alpha value is -3.98. The van der Waals surface area contributed by atoms with Crippen LogP contribution in [0.25, 0.3) is 10.9 Å². The minimum Gasteiger partial charge on any atom is -0.493 e. The molecular weight excluding hydrogens is 548 g/mol. The van der Waals surface area contributed by atoms with Gasteiger partial charge in [0.25, 0.3) is 5.91 Å². The van der Waals surface area contributed by atoms with Gasteiger partial charge in [-0.2, -0.15) is 0 Å². The van der Waals surface area contributed by atoms with Gasteiger partial charge in [0.15, 0.2) is 11.5 Å². The summed E-state index contributed by atoms with van der Waals surface area (Å²) in [6.07, 6.45) is 5.33. The van der Waals surface area contributed by atoms with Crippen molar-refractivity contribution in [1.82, 2.24) is 20.2 Å². The Kier molecular flexibility index (Phi) is 8.37. The molecule has 1 N–H and O–H groups in total. The first kappa shape index (κ1) is 28.2. The molecule has 1 atom stereocenters. The van der Waals surface area contributed by atoms with E-state index in [0.717, 1.165) is 60.0 Å². The van der Waals surface area contributed by atoms with Crippen molar-refractivity contribution in [1.29, 1.82) is 0 Å². The summed E-state index contributed by atoms with van der Waals surface area (Å²) in [5, 5.41) is 3.83. The maximum Gasteiger partial charge on any atom is 0.255 e. The molecule has 2 fully saturated rings. The van der Waals surface area contributed by atoms with E-state index in [4.69, 9.17) is 14.5 Å². The fourth-order valence-electron chi connectivity index (χ4n) is 5.61. The zero-order chi connectivity index (χ0) is 29.1. The normalized spacial score (nSPS) is 17.0.